The molecule has 2 atom stereocenters. The number of carboxylic acids is 1. The van der Waals surface area contributed by atoms with Gasteiger partial charge in [0.05, 0.1) is 6.54 Å². The van der Waals surface area contributed by atoms with Gasteiger partial charge in [0.2, 0.25) is 0 Å². The number of aromatic carboxylic acids is 1. The molecule has 0 aliphatic heterocycles. The molecule has 5 nitrogen and oxygen atoms in total. The number of carbonyl (C=O) groups is 1. The summed E-state index contributed by atoms with van der Waals surface area (Å²) in [4.78, 5) is 27.6. The van der Waals surface area contributed by atoms with E-state index in [9.17, 15) is 23.5 Å². The maximum atomic E-state index is 14.4. The Kier molecular flexibility index (Phi) is 4.69. The topological polar surface area (TPSA) is 75.1 Å². The van der Waals surface area contributed by atoms with E-state index in [0.29, 0.717) is 22.7 Å². The van der Waals surface area contributed by atoms with Gasteiger partial charge >= 0.3 is 5.97 Å². The number of hydrogen-bond acceptors (Lipinski definition) is 2. The number of hydrogen-bond donors (Lipinski definition) is 2. The van der Waals surface area contributed by atoms with E-state index >= 15 is 0 Å². The maximum Gasteiger partial charge on any atom is 0.353 e. The van der Waals surface area contributed by atoms with Gasteiger partial charge in [0.1, 0.15) is 17.3 Å². The fourth-order valence-electron chi connectivity index (χ4n) is 4.50. The molecule has 2 N–H and O–H groups in total. The van der Waals surface area contributed by atoms with E-state index in [0.717, 1.165) is 30.2 Å². The summed E-state index contributed by atoms with van der Waals surface area (Å²) >= 11 is 0. The Morgan fingerprint density at radius 2 is 1.97 bits per heavy atom. The SMILES string of the molecule is C[C@@H]1C[C@@H]1c1ccc2c(c1)c(-c1ccc[nH]c1=O)c(C(=O)O)n2Cc1cc(F)ccc1F. The van der Waals surface area contributed by atoms with Crippen molar-refractivity contribution in [3.63, 3.8) is 0 Å². The van der Waals surface area contributed by atoms with Crippen LogP contribution in [0.4, 0.5) is 8.78 Å². The van der Waals surface area contributed by atoms with Crippen molar-refractivity contribution in [3.05, 3.63) is 93.5 Å². The van der Waals surface area contributed by atoms with Crippen molar-refractivity contribution >= 4 is 16.9 Å². The van der Waals surface area contributed by atoms with Crippen LogP contribution in [0, 0.1) is 17.6 Å². The van der Waals surface area contributed by atoms with Gasteiger partial charge in [-0.15, -0.1) is 0 Å². The minimum absolute atomic E-state index is 0.0258. The van der Waals surface area contributed by atoms with Gasteiger partial charge in [0.15, 0.2) is 0 Å². The van der Waals surface area contributed by atoms with Crippen molar-refractivity contribution in [1.29, 1.82) is 0 Å². The van der Waals surface area contributed by atoms with Crippen LogP contribution in [0.1, 0.15) is 40.9 Å². The van der Waals surface area contributed by atoms with Crippen LogP contribution in [0.15, 0.2) is 59.5 Å². The highest BCUT2D eigenvalue weighted by atomic mass is 19.1. The smallest absolute Gasteiger partial charge is 0.353 e. The van der Waals surface area contributed by atoms with E-state index in [-0.39, 0.29) is 28.9 Å². The lowest BCUT2D eigenvalue weighted by Crippen LogP contribution is -2.14. The average molecular weight is 434 g/mol. The summed E-state index contributed by atoms with van der Waals surface area (Å²) in [6.45, 7) is 1.96. The first-order valence-corrected chi connectivity index (χ1v) is 10.4. The molecule has 5 rings (SSSR count). The van der Waals surface area contributed by atoms with E-state index in [2.05, 4.69) is 11.9 Å². The van der Waals surface area contributed by atoms with E-state index in [4.69, 9.17) is 0 Å². The Balaban J connectivity index is 1.82. The predicted octanol–water partition coefficient (Wildman–Crippen LogP) is 5.14. The number of rotatable bonds is 5. The standard InChI is InChI=1S/C25H20F2N2O3/c1-13-9-18(13)14-4-7-21-19(11-14)22(17-3-2-8-28-24(17)30)23(25(31)32)29(21)12-15-10-16(26)5-6-20(15)27/h2-8,10-11,13,18H,9,12H2,1H3,(H,28,30)(H,31,32)/t13-,18+/m1/s1. The van der Waals surface area contributed by atoms with Gasteiger partial charge in [-0.1, -0.05) is 13.0 Å². The van der Waals surface area contributed by atoms with Crippen LogP contribution in [-0.4, -0.2) is 20.6 Å². The zero-order valence-corrected chi connectivity index (χ0v) is 17.2. The molecular weight excluding hydrogens is 414 g/mol. The number of aromatic nitrogens is 2. The fraction of sp³-hybridized carbons (Fsp3) is 0.200. The number of carboxylic acid groups (broad SMARTS) is 1. The van der Waals surface area contributed by atoms with Gasteiger partial charge in [-0.25, -0.2) is 13.6 Å². The minimum Gasteiger partial charge on any atom is -0.477 e. The summed E-state index contributed by atoms with van der Waals surface area (Å²) in [7, 11) is 0. The first-order valence-electron chi connectivity index (χ1n) is 10.4. The Bertz CT molecular complexity index is 1440. The fourth-order valence-corrected chi connectivity index (χ4v) is 4.50. The monoisotopic (exact) mass is 434 g/mol. The van der Waals surface area contributed by atoms with Crippen LogP contribution < -0.4 is 5.56 Å². The lowest BCUT2D eigenvalue weighted by Gasteiger charge is -2.10. The summed E-state index contributed by atoms with van der Waals surface area (Å²) in [6.07, 6.45) is 2.53. The molecule has 4 aromatic rings. The van der Waals surface area contributed by atoms with E-state index < -0.39 is 23.2 Å². The Hall–Kier alpha value is -3.74. The third kappa shape index (κ3) is 3.30. The molecule has 2 aromatic carbocycles. The summed E-state index contributed by atoms with van der Waals surface area (Å²) in [6, 6.07) is 12.0. The van der Waals surface area contributed by atoms with Crippen LogP contribution in [0.5, 0.6) is 0 Å². The molecule has 0 bridgehead atoms. The second-order valence-corrected chi connectivity index (χ2v) is 8.36. The van der Waals surface area contributed by atoms with Gasteiger partial charge in [0, 0.05) is 33.8 Å². The van der Waals surface area contributed by atoms with E-state index in [1.54, 1.807) is 18.2 Å². The van der Waals surface area contributed by atoms with Gasteiger partial charge in [-0.05, 0) is 66.3 Å². The maximum absolute atomic E-state index is 14.4. The van der Waals surface area contributed by atoms with Gasteiger partial charge in [-0.2, -0.15) is 0 Å². The number of pyridine rings is 1. The summed E-state index contributed by atoms with van der Waals surface area (Å²) < 4.78 is 29.7. The van der Waals surface area contributed by atoms with E-state index in [1.165, 1.54) is 10.8 Å². The quantitative estimate of drug-likeness (QED) is 0.457. The molecule has 0 spiro atoms. The van der Waals surface area contributed by atoms with Crippen LogP contribution in [0.3, 0.4) is 0 Å². The largest absolute Gasteiger partial charge is 0.477 e. The van der Waals surface area contributed by atoms with Crippen molar-refractivity contribution < 1.29 is 18.7 Å². The van der Waals surface area contributed by atoms with Crippen molar-refractivity contribution in [2.75, 3.05) is 0 Å². The van der Waals surface area contributed by atoms with Crippen LogP contribution >= 0.6 is 0 Å². The molecule has 0 amide bonds. The zero-order valence-electron chi connectivity index (χ0n) is 17.2. The second kappa shape index (κ2) is 7.44. The summed E-state index contributed by atoms with van der Waals surface area (Å²) in [5.41, 5.74) is 1.58. The number of halogens is 2. The second-order valence-electron chi connectivity index (χ2n) is 8.36. The molecule has 32 heavy (non-hydrogen) atoms. The van der Waals surface area contributed by atoms with Gasteiger partial charge < -0.3 is 14.7 Å². The zero-order chi connectivity index (χ0) is 22.6. The lowest BCUT2D eigenvalue weighted by molar-refractivity contribution is 0.0687. The molecule has 1 aliphatic rings. The first-order chi connectivity index (χ1) is 15.3. The number of benzene rings is 2. The van der Waals surface area contributed by atoms with Crippen molar-refractivity contribution in [2.45, 2.75) is 25.8 Å². The normalized spacial score (nSPS) is 17.6. The molecule has 1 fully saturated rings. The number of nitrogens with zero attached hydrogens (tertiary/aromatic N) is 1. The highest BCUT2D eigenvalue weighted by Gasteiger charge is 2.35. The van der Waals surface area contributed by atoms with Gasteiger partial charge in [-0.3, -0.25) is 4.79 Å². The highest BCUT2D eigenvalue weighted by molar-refractivity contribution is 6.08. The molecule has 1 saturated carbocycles. The third-order valence-electron chi connectivity index (χ3n) is 6.25. The van der Waals surface area contributed by atoms with Crippen molar-refractivity contribution in [1.82, 2.24) is 9.55 Å². The molecule has 0 radical (unpaired) electrons. The molecule has 7 heteroatoms. The Morgan fingerprint density at radius 1 is 1.19 bits per heavy atom. The Morgan fingerprint density at radius 3 is 2.66 bits per heavy atom. The van der Waals surface area contributed by atoms with Crippen LogP contribution in [0.25, 0.3) is 22.0 Å². The molecular formula is C25H20F2N2O3. The average Bonchev–Trinajstić information content (AvgIpc) is 3.41. The molecule has 0 saturated heterocycles. The highest BCUT2D eigenvalue weighted by Crippen LogP contribution is 2.48. The number of fused-ring (bicyclic) bond motifs is 1. The molecule has 2 heterocycles. The van der Waals surface area contributed by atoms with Crippen molar-refractivity contribution in [2.24, 2.45) is 5.92 Å². The lowest BCUT2D eigenvalue weighted by atomic mass is 10.00. The predicted molar refractivity (Wildman–Crippen MR) is 117 cm³/mol. The van der Waals surface area contributed by atoms with Crippen LogP contribution in [0.2, 0.25) is 0 Å². The first kappa shape index (κ1) is 20.2. The summed E-state index contributed by atoms with van der Waals surface area (Å²) in [5.74, 6) is -1.57. The summed E-state index contributed by atoms with van der Waals surface area (Å²) in [5, 5.41) is 10.7. The van der Waals surface area contributed by atoms with Crippen molar-refractivity contribution in [3.8, 4) is 11.1 Å². The molecule has 2 aromatic heterocycles. The molecule has 0 unspecified atom stereocenters. The van der Waals surface area contributed by atoms with Crippen LogP contribution in [-0.2, 0) is 6.54 Å². The minimum atomic E-state index is -1.25. The number of aromatic amines is 1. The molecule has 1 aliphatic carbocycles. The van der Waals surface area contributed by atoms with E-state index in [1.807, 2.05) is 12.1 Å². The number of H-pyrrole nitrogens is 1. The third-order valence-corrected chi connectivity index (χ3v) is 6.25. The Labute approximate surface area is 181 Å². The molecule has 162 valence electrons. The van der Waals surface area contributed by atoms with Gasteiger partial charge in [0.25, 0.3) is 5.56 Å². The number of nitrogens with one attached hydrogen (secondary N) is 1.